The molecule has 0 aromatic rings. The highest BCUT2D eigenvalue weighted by molar-refractivity contribution is 5.13. The van der Waals surface area contributed by atoms with Crippen LogP contribution in [0.4, 0.5) is 0 Å². The molecular weight excluding hydrogens is 268 g/mol. The topological polar surface area (TPSA) is 47.9 Å². The molecule has 21 heavy (non-hydrogen) atoms. The van der Waals surface area contributed by atoms with Gasteiger partial charge in [0.05, 0.1) is 24.4 Å². The Morgan fingerprint density at radius 2 is 1.76 bits per heavy atom. The van der Waals surface area contributed by atoms with E-state index in [1.165, 1.54) is 19.3 Å². The van der Waals surface area contributed by atoms with E-state index in [4.69, 9.17) is 14.2 Å². The van der Waals surface area contributed by atoms with Gasteiger partial charge in [0.15, 0.2) is 0 Å². The largest absolute Gasteiger partial charge is 0.390 e. The third-order valence-corrected chi connectivity index (χ3v) is 6.19. The Hall–Kier alpha value is -0.160. The fourth-order valence-electron chi connectivity index (χ4n) is 5.43. The van der Waals surface area contributed by atoms with Crippen LogP contribution in [-0.4, -0.2) is 43.4 Å². The molecule has 0 saturated heterocycles. The number of methoxy groups -OCH3 is 1. The summed E-state index contributed by atoms with van der Waals surface area (Å²) >= 11 is 0. The number of rotatable bonds is 7. The van der Waals surface area contributed by atoms with Crippen LogP contribution in [-0.2, 0) is 14.2 Å². The second-order valence-electron chi connectivity index (χ2n) is 8.15. The van der Waals surface area contributed by atoms with Gasteiger partial charge in [0, 0.05) is 12.5 Å². The highest BCUT2D eigenvalue weighted by atomic mass is 16.7. The fraction of sp³-hybridized carbons (Fsp3) is 1.00. The highest BCUT2D eigenvalue weighted by Crippen LogP contribution is 2.65. The van der Waals surface area contributed by atoms with Crippen molar-refractivity contribution in [1.82, 2.24) is 0 Å². The van der Waals surface area contributed by atoms with E-state index in [0.29, 0.717) is 20.0 Å². The first-order chi connectivity index (χ1) is 9.88. The molecule has 4 fully saturated rings. The lowest BCUT2D eigenvalue weighted by Crippen LogP contribution is -2.62. The molecule has 4 bridgehead atoms. The van der Waals surface area contributed by atoms with Crippen LogP contribution < -0.4 is 0 Å². The summed E-state index contributed by atoms with van der Waals surface area (Å²) in [6, 6.07) is 0. The minimum absolute atomic E-state index is 0.0453. The van der Waals surface area contributed by atoms with E-state index in [1.807, 2.05) is 13.8 Å². The molecule has 0 heterocycles. The van der Waals surface area contributed by atoms with E-state index in [0.717, 1.165) is 31.1 Å². The van der Waals surface area contributed by atoms with Gasteiger partial charge in [-0.2, -0.15) is 0 Å². The minimum Gasteiger partial charge on any atom is -0.390 e. The van der Waals surface area contributed by atoms with Gasteiger partial charge in [-0.05, 0) is 64.2 Å². The monoisotopic (exact) mass is 298 g/mol. The highest BCUT2D eigenvalue weighted by Gasteiger charge is 2.62. The summed E-state index contributed by atoms with van der Waals surface area (Å²) in [5, 5.41) is 10.7. The number of aliphatic hydroxyl groups is 1. The summed E-state index contributed by atoms with van der Waals surface area (Å²) in [5.41, 5.74) is -0.628. The summed E-state index contributed by atoms with van der Waals surface area (Å²) in [6.07, 6.45) is 6.95. The molecule has 0 spiro atoms. The third-order valence-electron chi connectivity index (χ3n) is 6.19. The molecule has 4 heteroatoms. The second-order valence-corrected chi connectivity index (χ2v) is 8.15. The predicted molar refractivity (Wildman–Crippen MR) is 79.9 cm³/mol. The van der Waals surface area contributed by atoms with Crippen LogP contribution in [0.2, 0.25) is 0 Å². The number of ether oxygens (including phenoxy) is 3. The standard InChI is InChI=1S/C17H30O4/c1-15(2,18)16-7-13-6-14(8-16)10-17(9-13,11-16)21-12-20-5-4-19-3/h13-14,18H,4-12H2,1-3H3. The van der Waals surface area contributed by atoms with Crippen molar-refractivity contribution >= 4 is 0 Å². The molecule has 0 aromatic heterocycles. The maximum absolute atomic E-state index is 10.7. The van der Waals surface area contributed by atoms with Crippen molar-refractivity contribution in [3.8, 4) is 0 Å². The van der Waals surface area contributed by atoms with E-state index in [1.54, 1.807) is 7.11 Å². The van der Waals surface area contributed by atoms with Crippen LogP contribution in [0, 0.1) is 17.3 Å². The SMILES string of the molecule is COCCOCOC12CC3CC(C1)CC(C(C)(C)O)(C3)C2. The number of hydrogen-bond donors (Lipinski definition) is 1. The Bertz CT molecular complexity index is 359. The van der Waals surface area contributed by atoms with Crippen LogP contribution in [0.1, 0.15) is 52.4 Å². The van der Waals surface area contributed by atoms with Gasteiger partial charge in [0.2, 0.25) is 0 Å². The molecule has 2 unspecified atom stereocenters. The van der Waals surface area contributed by atoms with Crippen molar-refractivity contribution in [2.45, 2.75) is 63.6 Å². The third kappa shape index (κ3) is 2.88. The molecule has 0 aromatic carbocycles. The Kier molecular flexibility index (Phi) is 4.11. The molecule has 2 atom stereocenters. The maximum Gasteiger partial charge on any atom is 0.147 e. The second kappa shape index (κ2) is 5.48. The summed E-state index contributed by atoms with van der Waals surface area (Å²) < 4.78 is 16.7. The Morgan fingerprint density at radius 3 is 2.33 bits per heavy atom. The van der Waals surface area contributed by atoms with E-state index >= 15 is 0 Å². The summed E-state index contributed by atoms with van der Waals surface area (Å²) in [4.78, 5) is 0. The Labute approximate surface area is 128 Å². The van der Waals surface area contributed by atoms with Crippen molar-refractivity contribution in [3.05, 3.63) is 0 Å². The smallest absolute Gasteiger partial charge is 0.147 e. The van der Waals surface area contributed by atoms with E-state index < -0.39 is 5.60 Å². The van der Waals surface area contributed by atoms with Crippen molar-refractivity contribution < 1.29 is 19.3 Å². The van der Waals surface area contributed by atoms with E-state index in [2.05, 4.69) is 0 Å². The zero-order valence-electron chi connectivity index (χ0n) is 13.7. The van der Waals surface area contributed by atoms with Gasteiger partial charge in [-0.15, -0.1) is 0 Å². The van der Waals surface area contributed by atoms with Gasteiger partial charge in [-0.25, -0.2) is 0 Å². The van der Waals surface area contributed by atoms with Crippen LogP contribution >= 0.6 is 0 Å². The van der Waals surface area contributed by atoms with Crippen LogP contribution in [0.25, 0.3) is 0 Å². The van der Waals surface area contributed by atoms with Gasteiger partial charge in [0.25, 0.3) is 0 Å². The molecule has 0 amide bonds. The average Bonchev–Trinajstić information content (AvgIpc) is 2.35. The van der Waals surface area contributed by atoms with E-state index in [9.17, 15) is 5.11 Å². The summed E-state index contributed by atoms with van der Waals surface area (Å²) in [6.45, 7) is 5.52. The van der Waals surface area contributed by atoms with Crippen molar-refractivity contribution in [2.24, 2.45) is 17.3 Å². The van der Waals surface area contributed by atoms with Gasteiger partial charge < -0.3 is 19.3 Å². The van der Waals surface area contributed by atoms with Crippen LogP contribution in [0.5, 0.6) is 0 Å². The lowest BCUT2D eigenvalue weighted by atomic mass is 9.44. The Balaban J connectivity index is 1.66. The lowest BCUT2D eigenvalue weighted by Gasteiger charge is -2.64. The minimum atomic E-state index is -0.615. The zero-order chi connectivity index (χ0) is 15.1. The number of hydrogen-bond acceptors (Lipinski definition) is 4. The van der Waals surface area contributed by atoms with Crippen molar-refractivity contribution in [1.29, 1.82) is 0 Å². The molecule has 4 aliphatic carbocycles. The Morgan fingerprint density at radius 1 is 1.10 bits per heavy atom. The van der Waals surface area contributed by atoms with Crippen molar-refractivity contribution in [3.63, 3.8) is 0 Å². The fourth-order valence-corrected chi connectivity index (χ4v) is 5.43. The molecule has 4 nitrogen and oxygen atoms in total. The molecule has 0 aliphatic heterocycles. The van der Waals surface area contributed by atoms with E-state index in [-0.39, 0.29) is 11.0 Å². The molecular formula is C17H30O4. The zero-order valence-corrected chi connectivity index (χ0v) is 13.7. The molecule has 4 aliphatic rings. The summed E-state index contributed by atoms with van der Waals surface area (Å²) in [7, 11) is 1.68. The quantitative estimate of drug-likeness (QED) is 0.580. The molecule has 4 rings (SSSR count). The summed E-state index contributed by atoms with van der Waals surface area (Å²) in [5.74, 6) is 1.44. The van der Waals surface area contributed by atoms with Gasteiger partial charge in [-0.3, -0.25) is 0 Å². The first kappa shape index (κ1) is 15.7. The average molecular weight is 298 g/mol. The molecule has 4 saturated carbocycles. The molecule has 122 valence electrons. The lowest BCUT2D eigenvalue weighted by molar-refractivity contribution is -0.259. The normalized spacial score (nSPS) is 41.7. The first-order valence-electron chi connectivity index (χ1n) is 8.31. The molecule has 0 radical (unpaired) electrons. The molecule has 1 N–H and O–H groups in total. The maximum atomic E-state index is 10.7. The van der Waals surface area contributed by atoms with Crippen LogP contribution in [0.3, 0.4) is 0 Å². The van der Waals surface area contributed by atoms with Crippen molar-refractivity contribution in [2.75, 3.05) is 27.1 Å². The van der Waals surface area contributed by atoms with Gasteiger partial charge in [0.1, 0.15) is 6.79 Å². The van der Waals surface area contributed by atoms with Gasteiger partial charge in [-0.1, -0.05) is 0 Å². The predicted octanol–water partition coefficient (Wildman–Crippen LogP) is 2.73. The van der Waals surface area contributed by atoms with Gasteiger partial charge >= 0.3 is 0 Å². The van der Waals surface area contributed by atoms with Crippen LogP contribution in [0.15, 0.2) is 0 Å². The first-order valence-corrected chi connectivity index (χ1v) is 8.31.